The summed E-state index contributed by atoms with van der Waals surface area (Å²) in [5.41, 5.74) is -0.570. The molecule has 0 aliphatic rings. The van der Waals surface area contributed by atoms with Crippen LogP contribution < -0.4 is 0 Å². The van der Waals surface area contributed by atoms with Crippen molar-refractivity contribution in [3.8, 4) is 0 Å². The van der Waals surface area contributed by atoms with Crippen LogP contribution in [0.3, 0.4) is 0 Å². The van der Waals surface area contributed by atoms with E-state index in [9.17, 15) is 0 Å². The molecule has 5 heteroatoms. The van der Waals surface area contributed by atoms with Gasteiger partial charge in [-0.1, -0.05) is 20.8 Å². The molecule has 3 nitrogen and oxygen atoms in total. The van der Waals surface area contributed by atoms with Gasteiger partial charge in [0.2, 0.25) is 0 Å². The lowest BCUT2D eigenvalue weighted by Crippen LogP contribution is -2.16. The molecule has 0 aromatic rings. The molecule has 0 aliphatic heterocycles. The highest BCUT2D eigenvalue weighted by atomic mass is 32.5. The maximum Gasteiger partial charge on any atom is 0.322 e. The first-order valence-corrected chi connectivity index (χ1v) is 6.83. The van der Waals surface area contributed by atoms with E-state index in [4.69, 9.17) is 9.79 Å². The summed E-state index contributed by atoms with van der Waals surface area (Å²) < 4.78 is 4.66. The van der Waals surface area contributed by atoms with Crippen molar-refractivity contribution in [1.82, 2.24) is 0 Å². The summed E-state index contributed by atoms with van der Waals surface area (Å²) in [4.78, 5) is 17.2. The summed E-state index contributed by atoms with van der Waals surface area (Å²) in [6.45, 7) is 8.17. The van der Waals surface area contributed by atoms with Gasteiger partial charge in [-0.15, -0.1) is 0 Å². The van der Waals surface area contributed by atoms with Crippen LogP contribution in [0.15, 0.2) is 0 Å². The molecule has 0 unspecified atom stereocenters. The van der Waals surface area contributed by atoms with Gasteiger partial charge >= 0.3 is 6.72 Å². The molecule has 13 heavy (non-hydrogen) atoms. The Balaban J connectivity index is 0. The van der Waals surface area contributed by atoms with Crippen molar-refractivity contribution >= 4 is 18.5 Å². The summed E-state index contributed by atoms with van der Waals surface area (Å²) in [6, 6.07) is 0. The zero-order chi connectivity index (χ0) is 11.3. The quantitative estimate of drug-likeness (QED) is 0.677. The molecule has 2 N–H and O–H groups in total. The van der Waals surface area contributed by atoms with Crippen LogP contribution in [0.1, 0.15) is 41.5 Å². The Hall–Kier alpha value is 0.530. The van der Waals surface area contributed by atoms with E-state index < -0.39 is 12.3 Å². The van der Waals surface area contributed by atoms with Crippen molar-refractivity contribution in [1.29, 1.82) is 0 Å². The Bertz CT molecular complexity index is 166. The summed E-state index contributed by atoms with van der Waals surface area (Å²) >= 11 is 4.23. The van der Waals surface area contributed by atoms with Gasteiger partial charge in [0.1, 0.15) is 0 Å². The molecule has 0 rings (SSSR count). The molecule has 0 aromatic carbocycles. The molecule has 0 aliphatic carbocycles. The Morgan fingerprint density at radius 1 is 1.15 bits per heavy atom. The number of hydrogen-bond acceptors (Lipinski definition) is 2. The van der Waals surface area contributed by atoms with Crippen LogP contribution in [-0.4, -0.2) is 15.4 Å². The Morgan fingerprint density at radius 3 is 1.38 bits per heavy atom. The van der Waals surface area contributed by atoms with Crippen LogP contribution in [-0.2, 0) is 16.3 Å². The number of hydrogen-bond donors (Lipinski definition) is 2. The third-order valence-corrected chi connectivity index (χ3v) is 1.40. The van der Waals surface area contributed by atoms with E-state index in [0.717, 1.165) is 5.92 Å². The lowest BCUT2D eigenvalue weighted by atomic mass is 10.2. The molecule has 0 heterocycles. The molecular formula is C8H21O3PS. The largest absolute Gasteiger partial charge is 0.325 e. The van der Waals surface area contributed by atoms with Crippen molar-refractivity contribution in [2.45, 2.75) is 47.1 Å². The summed E-state index contributed by atoms with van der Waals surface area (Å²) in [5.74, 6) is 0.833. The smallest absolute Gasteiger partial charge is 0.322 e. The van der Waals surface area contributed by atoms with Crippen LogP contribution >= 0.6 is 6.72 Å². The average molecular weight is 228 g/mol. The molecule has 0 spiro atoms. The second-order valence-corrected chi connectivity index (χ2v) is 7.02. The van der Waals surface area contributed by atoms with Gasteiger partial charge in [0.25, 0.3) is 0 Å². The van der Waals surface area contributed by atoms with Crippen LogP contribution in [0.2, 0.25) is 0 Å². The Morgan fingerprint density at radius 2 is 1.38 bits per heavy atom. The van der Waals surface area contributed by atoms with E-state index in [1.807, 2.05) is 0 Å². The highest BCUT2D eigenvalue weighted by Gasteiger charge is 2.19. The van der Waals surface area contributed by atoms with E-state index in [0.29, 0.717) is 0 Å². The molecule has 0 amide bonds. The van der Waals surface area contributed by atoms with Crippen molar-refractivity contribution in [3.05, 3.63) is 0 Å². The fourth-order valence-electron chi connectivity index (χ4n) is 0.357. The van der Waals surface area contributed by atoms with Gasteiger partial charge in [-0.2, -0.15) is 0 Å². The normalized spacial score (nSPS) is 12.4. The van der Waals surface area contributed by atoms with Gasteiger partial charge in [-0.25, -0.2) is 0 Å². The first-order chi connectivity index (χ1) is 5.44. The molecule has 0 fully saturated rings. The van der Waals surface area contributed by atoms with Crippen molar-refractivity contribution < 1.29 is 14.3 Å². The highest BCUT2D eigenvalue weighted by molar-refractivity contribution is 8.06. The third kappa shape index (κ3) is 32.6. The monoisotopic (exact) mass is 228 g/mol. The van der Waals surface area contributed by atoms with Gasteiger partial charge in [0.05, 0.1) is 5.60 Å². The second-order valence-electron chi connectivity index (χ2n) is 4.43. The van der Waals surface area contributed by atoms with E-state index in [1.54, 1.807) is 20.8 Å². The van der Waals surface area contributed by atoms with Crippen LogP contribution in [0.25, 0.3) is 0 Å². The topological polar surface area (TPSA) is 49.7 Å². The molecule has 0 atom stereocenters. The fraction of sp³-hybridized carbons (Fsp3) is 1.00. The Kier molecular flexibility index (Phi) is 7.49. The lowest BCUT2D eigenvalue weighted by Gasteiger charge is -2.21. The minimum atomic E-state index is -3.45. The standard InChI is InChI=1S/C4H11O3PS.C4H10/c1-4(2,3)7-8(5,6)9;1-4(2)3/h1-3H3,(H2,5,6,9);4H,1-3H3. The van der Waals surface area contributed by atoms with Gasteiger partial charge < -0.3 is 14.3 Å². The molecular weight excluding hydrogens is 207 g/mol. The van der Waals surface area contributed by atoms with Gasteiger partial charge in [-0.3, -0.25) is 0 Å². The lowest BCUT2D eigenvalue weighted by molar-refractivity contribution is 0.107. The summed E-state index contributed by atoms with van der Waals surface area (Å²) in [5, 5.41) is 0. The van der Waals surface area contributed by atoms with Crippen LogP contribution in [0, 0.1) is 5.92 Å². The van der Waals surface area contributed by atoms with Gasteiger partial charge in [-0.05, 0) is 38.5 Å². The molecule has 0 bridgehead atoms. The average Bonchev–Trinajstić information content (AvgIpc) is 1.47. The fourth-order valence-corrected chi connectivity index (χ4v) is 1.74. The van der Waals surface area contributed by atoms with Gasteiger partial charge in [0.15, 0.2) is 0 Å². The molecule has 82 valence electrons. The SMILES string of the molecule is CC(C)(C)OP(O)(O)=S.CC(C)C. The minimum Gasteiger partial charge on any atom is -0.325 e. The Labute approximate surface area is 86.4 Å². The third-order valence-electron chi connectivity index (χ3n) is 0.393. The molecule has 0 radical (unpaired) electrons. The summed E-state index contributed by atoms with van der Waals surface area (Å²) in [7, 11) is 0. The maximum atomic E-state index is 8.61. The van der Waals surface area contributed by atoms with Crippen LogP contribution in [0.4, 0.5) is 0 Å². The first kappa shape index (κ1) is 16.0. The van der Waals surface area contributed by atoms with Gasteiger partial charge in [0, 0.05) is 0 Å². The van der Waals surface area contributed by atoms with Crippen molar-refractivity contribution in [2.75, 3.05) is 0 Å². The van der Waals surface area contributed by atoms with Crippen molar-refractivity contribution in [2.24, 2.45) is 5.92 Å². The molecule has 0 aromatic heterocycles. The molecule has 0 saturated carbocycles. The van der Waals surface area contributed by atoms with Crippen molar-refractivity contribution in [3.63, 3.8) is 0 Å². The minimum absolute atomic E-state index is 0.570. The predicted octanol–water partition coefficient (Wildman–Crippen LogP) is 2.67. The summed E-state index contributed by atoms with van der Waals surface area (Å²) in [6.07, 6.45) is 0. The molecule has 0 saturated heterocycles. The highest BCUT2D eigenvalue weighted by Crippen LogP contribution is 2.41. The maximum absolute atomic E-state index is 8.61. The number of rotatable bonds is 1. The second kappa shape index (κ2) is 6.10. The van der Waals surface area contributed by atoms with E-state index in [1.165, 1.54) is 0 Å². The predicted molar refractivity (Wildman–Crippen MR) is 60.1 cm³/mol. The first-order valence-electron chi connectivity index (χ1n) is 4.20. The van der Waals surface area contributed by atoms with E-state index >= 15 is 0 Å². The van der Waals surface area contributed by atoms with E-state index in [2.05, 4.69) is 37.1 Å². The van der Waals surface area contributed by atoms with E-state index in [-0.39, 0.29) is 0 Å². The van der Waals surface area contributed by atoms with Crippen LogP contribution in [0.5, 0.6) is 0 Å². The zero-order valence-corrected chi connectivity index (χ0v) is 10.9. The zero-order valence-electron chi connectivity index (χ0n) is 9.24.